The number of methoxy groups -OCH3 is 1. The van der Waals surface area contributed by atoms with Crippen LogP contribution in [0.2, 0.25) is 0 Å². The Morgan fingerprint density at radius 3 is 2.63 bits per heavy atom. The van der Waals surface area contributed by atoms with Crippen LogP contribution >= 0.6 is 11.3 Å². The third-order valence-electron chi connectivity index (χ3n) is 3.93. The van der Waals surface area contributed by atoms with Gasteiger partial charge in [0.2, 0.25) is 0 Å². The Kier molecular flexibility index (Phi) is 6.42. The molecule has 30 heavy (non-hydrogen) atoms. The average molecular weight is 430 g/mol. The number of carbonyl (C=O) groups is 3. The van der Waals surface area contributed by atoms with E-state index in [2.05, 4.69) is 20.1 Å². The van der Waals surface area contributed by atoms with Gasteiger partial charge in [-0.2, -0.15) is 0 Å². The number of anilines is 1. The van der Waals surface area contributed by atoms with Crippen LogP contribution in [-0.2, 0) is 20.7 Å². The molecule has 0 fully saturated rings. The highest BCUT2D eigenvalue weighted by Gasteiger charge is 2.15. The number of rotatable bonds is 7. The first kappa shape index (κ1) is 21.0. The molecule has 0 unspecified atom stereocenters. The number of hydrogen-bond acceptors (Lipinski definition) is 8. The Bertz CT molecular complexity index is 1130. The minimum Gasteiger partial charge on any atom is -0.469 e. The van der Waals surface area contributed by atoms with Crippen LogP contribution in [0.5, 0.6) is 0 Å². The first-order chi connectivity index (χ1) is 14.4. The minimum atomic E-state index is -0.554. The summed E-state index contributed by atoms with van der Waals surface area (Å²) in [6.45, 7) is 1.93. The molecule has 0 saturated heterocycles. The molecule has 0 aliphatic heterocycles. The van der Waals surface area contributed by atoms with Crippen LogP contribution in [0, 0.1) is 0 Å². The molecule has 156 valence electrons. The number of carbonyl (C=O) groups excluding carboxylic acids is 3. The second-order valence-electron chi connectivity index (χ2n) is 5.97. The van der Waals surface area contributed by atoms with E-state index in [0.717, 1.165) is 11.3 Å². The average Bonchev–Trinajstić information content (AvgIpc) is 3.34. The van der Waals surface area contributed by atoms with Gasteiger partial charge in [-0.15, -0.1) is 11.3 Å². The van der Waals surface area contributed by atoms with Crippen molar-refractivity contribution in [3.05, 3.63) is 63.0 Å². The number of hydrogen-bond donors (Lipinski definition) is 2. The lowest BCUT2D eigenvalue weighted by Gasteiger charge is -2.05. The smallest absolute Gasteiger partial charge is 0.357 e. The molecule has 2 aromatic heterocycles. The van der Waals surface area contributed by atoms with E-state index in [1.807, 2.05) is 0 Å². The second-order valence-corrected chi connectivity index (χ2v) is 6.83. The lowest BCUT2D eigenvalue weighted by atomic mass is 10.2. The molecule has 1 aromatic carbocycles. The monoisotopic (exact) mass is 430 g/mol. The first-order valence-electron chi connectivity index (χ1n) is 8.83. The molecule has 1 amide bonds. The van der Waals surface area contributed by atoms with Gasteiger partial charge in [-0.05, 0) is 31.2 Å². The number of amides is 1. The molecule has 2 heterocycles. The maximum atomic E-state index is 12.4. The van der Waals surface area contributed by atoms with Crippen LogP contribution in [0.4, 0.5) is 5.13 Å². The molecule has 0 spiro atoms. The predicted octanol–water partition coefficient (Wildman–Crippen LogP) is 1.77. The van der Waals surface area contributed by atoms with Gasteiger partial charge in [0.15, 0.2) is 10.8 Å². The van der Waals surface area contributed by atoms with E-state index in [1.165, 1.54) is 35.4 Å². The van der Waals surface area contributed by atoms with E-state index in [1.54, 1.807) is 19.1 Å². The normalized spacial score (nSPS) is 10.5. The number of nitrogens with one attached hydrogen (secondary N) is 2. The predicted molar refractivity (Wildman–Crippen MR) is 108 cm³/mol. The summed E-state index contributed by atoms with van der Waals surface area (Å²) >= 11 is 1.11. The van der Waals surface area contributed by atoms with Crippen LogP contribution < -0.4 is 10.9 Å². The van der Waals surface area contributed by atoms with Crippen molar-refractivity contribution in [3.63, 3.8) is 0 Å². The summed E-state index contributed by atoms with van der Waals surface area (Å²) in [5.41, 5.74) is 1.02. The zero-order chi connectivity index (χ0) is 21.7. The van der Waals surface area contributed by atoms with Gasteiger partial charge >= 0.3 is 11.9 Å². The van der Waals surface area contributed by atoms with Gasteiger partial charge in [0.25, 0.3) is 11.5 Å². The molecule has 0 aliphatic rings. The number of esters is 2. The molecular weight excluding hydrogens is 412 g/mol. The zero-order valence-electron chi connectivity index (χ0n) is 16.1. The molecule has 0 saturated carbocycles. The Morgan fingerprint density at radius 2 is 1.97 bits per heavy atom. The fraction of sp³-hybridized carbons (Fsp3) is 0.211. The number of aromatic nitrogens is 3. The van der Waals surface area contributed by atoms with E-state index in [9.17, 15) is 19.2 Å². The summed E-state index contributed by atoms with van der Waals surface area (Å²) in [7, 11) is 1.27. The Balaban J connectivity index is 1.70. The van der Waals surface area contributed by atoms with E-state index in [-0.39, 0.29) is 29.4 Å². The lowest BCUT2D eigenvalue weighted by Crippen LogP contribution is -2.15. The Hall–Kier alpha value is -3.73. The highest BCUT2D eigenvalue weighted by molar-refractivity contribution is 7.14. The van der Waals surface area contributed by atoms with Crippen molar-refractivity contribution < 1.29 is 23.9 Å². The van der Waals surface area contributed by atoms with E-state index < -0.39 is 17.8 Å². The van der Waals surface area contributed by atoms with Crippen molar-refractivity contribution in [3.8, 4) is 5.69 Å². The van der Waals surface area contributed by atoms with Gasteiger partial charge in [0, 0.05) is 22.7 Å². The molecule has 0 atom stereocenters. The van der Waals surface area contributed by atoms with Crippen LogP contribution in [-0.4, -0.2) is 46.3 Å². The van der Waals surface area contributed by atoms with Crippen molar-refractivity contribution in [1.29, 1.82) is 0 Å². The number of thiazole rings is 1. The fourth-order valence-electron chi connectivity index (χ4n) is 2.52. The quantitative estimate of drug-likeness (QED) is 0.546. The number of nitrogens with zero attached hydrogens (tertiary/aromatic N) is 2. The molecule has 3 aromatic rings. The molecule has 3 rings (SSSR count). The summed E-state index contributed by atoms with van der Waals surface area (Å²) in [6.07, 6.45) is -0.0547. The van der Waals surface area contributed by atoms with Crippen molar-refractivity contribution in [2.45, 2.75) is 13.3 Å². The molecular formula is C19H18N4O6S. The van der Waals surface area contributed by atoms with Gasteiger partial charge in [-0.1, -0.05) is 0 Å². The Morgan fingerprint density at radius 1 is 1.23 bits per heavy atom. The maximum absolute atomic E-state index is 12.4. The molecule has 0 aliphatic carbocycles. The van der Waals surface area contributed by atoms with E-state index in [4.69, 9.17) is 4.74 Å². The fourth-order valence-corrected chi connectivity index (χ4v) is 3.19. The summed E-state index contributed by atoms with van der Waals surface area (Å²) < 4.78 is 10.7. The minimum absolute atomic E-state index is 0.0547. The van der Waals surface area contributed by atoms with E-state index in [0.29, 0.717) is 16.9 Å². The van der Waals surface area contributed by atoms with Gasteiger partial charge in [-0.3, -0.25) is 24.8 Å². The maximum Gasteiger partial charge on any atom is 0.357 e. The van der Waals surface area contributed by atoms with Crippen molar-refractivity contribution in [1.82, 2.24) is 14.8 Å². The largest absolute Gasteiger partial charge is 0.469 e. The molecule has 2 N–H and O–H groups in total. The van der Waals surface area contributed by atoms with Crippen LogP contribution in [0.25, 0.3) is 5.69 Å². The van der Waals surface area contributed by atoms with Crippen LogP contribution in [0.1, 0.15) is 33.5 Å². The third-order valence-corrected chi connectivity index (χ3v) is 4.69. The summed E-state index contributed by atoms with van der Waals surface area (Å²) in [4.78, 5) is 51.6. The first-order valence-corrected chi connectivity index (χ1v) is 9.71. The summed E-state index contributed by atoms with van der Waals surface area (Å²) in [5.74, 6) is -1.44. The van der Waals surface area contributed by atoms with Crippen LogP contribution in [0.3, 0.4) is 0 Å². The lowest BCUT2D eigenvalue weighted by molar-refractivity contribution is -0.139. The van der Waals surface area contributed by atoms with E-state index >= 15 is 0 Å². The highest BCUT2D eigenvalue weighted by atomic mass is 32.1. The molecule has 10 nitrogen and oxygen atoms in total. The van der Waals surface area contributed by atoms with Gasteiger partial charge in [0.05, 0.1) is 25.8 Å². The van der Waals surface area contributed by atoms with Crippen molar-refractivity contribution in [2.24, 2.45) is 0 Å². The number of aromatic amines is 1. The number of ether oxygens (including phenoxy) is 2. The van der Waals surface area contributed by atoms with Crippen molar-refractivity contribution in [2.75, 3.05) is 19.0 Å². The standard InChI is InChI=1S/C19H18N4O6S/c1-3-29-18(27)14-10-30-19(20-14)21-17(26)11-4-6-13(7-5-11)23-15(24)8-12(22-23)9-16(25)28-2/h4-8,10,22H,3,9H2,1-2H3,(H,20,21,26). The second kappa shape index (κ2) is 9.18. The summed E-state index contributed by atoms with van der Waals surface area (Å²) in [6, 6.07) is 7.55. The molecule has 0 radical (unpaired) electrons. The Labute approximate surface area is 174 Å². The molecule has 11 heteroatoms. The SMILES string of the molecule is CCOC(=O)c1csc(NC(=O)c2ccc(-n3[nH]c(CC(=O)OC)cc3=O)cc2)n1. The summed E-state index contributed by atoms with van der Waals surface area (Å²) in [5, 5.41) is 7.20. The van der Waals surface area contributed by atoms with Gasteiger partial charge in [0.1, 0.15) is 0 Å². The highest BCUT2D eigenvalue weighted by Crippen LogP contribution is 2.18. The van der Waals surface area contributed by atoms with Gasteiger partial charge < -0.3 is 9.47 Å². The van der Waals surface area contributed by atoms with Crippen molar-refractivity contribution >= 4 is 34.3 Å². The number of H-pyrrole nitrogens is 1. The molecule has 0 bridgehead atoms. The number of benzene rings is 1. The zero-order valence-corrected chi connectivity index (χ0v) is 16.9. The van der Waals surface area contributed by atoms with Crippen LogP contribution in [0.15, 0.2) is 40.5 Å². The third kappa shape index (κ3) is 4.81. The topological polar surface area (TPSA) is 132 Å². The van der Waals surface area contributed by atoms with Gasteiger partial charge in [-0.25, -0.2) is 14.5 Å².